The first-order valence-corrected chi connectivity index (χ1v) is 4.03. The average Bonchev–Trinajstić information content (AvgIpc) is 2.49. The predicted molar refractivity (Wildman–Crippen MR) is 46.3 cm³/mol. The van der Waals surface area contributed by atoms with Crippen LogP contribution in [0, 0.1) is 10.1 Å². The third-order valence-corrected chi connectivity index (χ3v) is 2.33. The lowest BCUT2D eigenvalue weighted by atomic mass is 10.2. The van der Waals surface area contributed by atoms with E-state index in [1.165, 1.54) is 24.1 Å². The number of nitro benzene ring substituents is 1. The van der Waals surface area contributed by atoms with Gasteiger partial charge < -0.3 is 0 Å². The molecule has 0 unspecified atom stereocenters. The van der Waals surface area contributed by atoms with E-state index in [-0.39, 0.29) is 5.69 Å². The molecule has 0 N–H and O–H groups in total. The minimum Gasteiger partial charge on any atom is -0.258 e. The number of nitro groups is 1. The molecule has 59 valence electrons. The van der Waals surface area contributed by atoms with Gasteiger partial charge in [-0.05, 0) is 6.07 Å². The van der Waals surface area contributed by atoms with Gasteiger partial charge in [0.2, 0.25) is 0 Å². The summed E-state index contributed by atoms with van der Waals surface area (Å²) >= 11 is 1.34. The van der Waals surface area contributed by atoms with Gasteiger partial charge in [-0.25, -0.2) is 0 Å². The molecule has 0 spiro atoms. The molecular weight excluding hydrogens is 176 g/mol. The second-order valence-electron chi connectivity index (χ2n) is 2.31. The zero-order chi connectivity index (χ0) is 8.55. The van der Waals surface area contributed by atoms with Gasteiger partial charge in [0.1, 0.15) is 4.40 Å². The lowest BCUT2D eigenvalue weighted by Gasteiger charge is -1.90. The molecule has 12 heavy (non-hydrogen) atoms. The Morgan fingerprint density at radius 3 is 3.08 bits per heavy atom. The van der Waals surface area contributed by atoms with Crippen LogP contribution in [0.25, 0.3) is 0 Å². The number of rotatable bonds is 1. The van der Waals surface area contributed by atoms with Gasteiger partial charge in [-0.3, -0.25) is 10.1 Å². The SMILES string of the molecule is O=[N+]([O-])c1ccc2c(c1)C=[N+]S2. The molecule has 1 aliphatic rings. The van der Waals surface area contributed by atoms with Gasteiger partial charge in [-0.15, -0.1) is 0 Å². The van der Waals surface area contributed by atoms with Crippen molar-refractivity contribution in [3.8, 4) is 0 Å². The van der Waals surface area contributed by atoms with Crippen LogP contribution in [0.2, 0.25) is 0 Å². The van der Waals surface area contributed by atoms with E-state index < -0.39 is 4.92 Å². The maximum Gasteiger partial charge on any atom is 0.275 e. The minimum atomic E-state index is -0.406. The Morgan fingerprint density at radius 2 is 2.33 bits per heavy atom. The Hall–Kier alpha value is -1.36. The van der Waals surface area contributed by atoms with Crippen molar-refractivity contribution in [2.45, 2.75) is 4.90 Å². The zero-order valence-corrected chi connectivity index (χ0v) is 6.75. The summed E-state index contributed by atoms with van der Waals surface area (Å²) in [6, 6.07) is 4.73. The van der Waals surface area contributed by atoms with E-state index in [0.29, 0.717) is 0 Å². The fourth-order valence-electron chi connectivity index (χ4n) is 0.973. The van der Waals surface area contributed by atoms with Crippen LogP contribution in [0.1, 0.15) is 5.56 Å². The second kappa shape index (κ2) is 2.60. The van der Waals surface area contributed by atoms with Crippen LogP contribution in [0.4, 0.5) is 5.69 Å². The Bertz CT molecular complexity index is 376. The van der Waals surface area contributed by atoms with Gasteiger partial charge in [-0.2, -0.15) is 0 Å². The number of hydrogen-bond acceptors (Lipinski definition) is 4. The molecule has 0 atom stereocenters. The van der Waals surface area contributed by atoms with Crippen molar-refractivity contribution in [3.63, 3.8) is 0 Å². The van der Waals surface area contributed by atoms with E-state index in [1.54, 1.807) is 12.3 Å². The molecule has 1 heterocycles. The summed E-state index contributed by atoms with van der Waals surface area (Å²) in [5.41, 5.74) is 0.942. The van der Waals surface area contributed by atoms with Crippen molar-refractivity contribution >= 4 is 23.8 Å². The van der Waals surface area contributed by atoms with Gasteiger partial charge >= 0.3 is 0 Å². The van der Waals surface area contributed by atoms with Gasteiger partial charge in [0.15, 0.2) is 0 Å². The molecule has 5 heteroatoms. The number of fused-ring (bicyclic) bond motifs is 1. The van der Waals surface area contributed by atoms with Gasteiger partial charge in [-0.1, -0.05) is 0 Å². The minimum absolute atomic E-state index is 0.114. The highest BCUT2D eigenvalue weighted by atomic mass is 32.2. The summed E-state index contributed by atoms with van der Waals surface area (Å²) in [5, 5.41) is 10.4. The van der Waals surface area contributed by atoms with Crippen LogP contribution in [-0.4, -0.2) is 11.1 Å². The maximum atomic E-state index is 10.4. The fraction of sp³-hybridized carbons (Fsp3) is 0. The van der Waals surface area contributed by atoms with Gasteiger partial charge in [0.25, 0.3) is 23.8 Å². The second-order valence-corrected chi connectivity index (χ2v) is 3.14. The Kier molecular flexibility index (Phi) is 1.58. The summed E-state index contributed by atoms with van der Waals surface area (Å²) < 4.78 is 3.92. The number of nitrogens with zero attached hydrogens (tertiary/aromatic N) is 2. The molecule has 0 saturated heterocycles. The molecule has 0 amide bonds. The van der Waals surface area contributed by atoms with Crippen LogP contribution in [0.5, 0.6) is 0 Å². The van der Waals surface area contributed by atoms with Crippen LogP contribution in [0.3, 0.4) is 0 Å². The third-order valence-electron chi connectivity index (χ3n) is 1.55. The molecule has 0 aliphatic carbocycles. The Labute approximate surface area is 72.6 Å². The molecule has 0 saturated carbocycles. The number of benzene rings is 1. The molecule has 1 radical (unpaired) electrons. The molecule has 2 rings (SSSR count). The van der Waals surface area contributed by atoms with Gasteiger partial charge in [0.05, 0.1) is 15.4 Å². The molecule has 1 aromatic rings. The maximum absolute atomic E-state index is 10.4. The molecule has 1 aromatic carbocycles. The topological polar surface area (TPSA) is 57.2 Å². The smallest absolute Gasteiger partial charge is 0.258 e. The Balaban J connectivity index is 2.51. The van der Waals surface area contributed by atoms with Crippen molar-refractivity contribution in [2.75, 3.05) is 0 Å². The highest BCUT2D eigenvalue weighted by molar-refractivity contribution is 7.97. The van der Waals surface area contributed by atoms with E-state index >= 15 is 0 Å². The van der Waals surface area contributed by atoms with Gasteiger partial charge in [0, 0.05) is 12.1 Å². The summed E-state index contributed by atoms with van der Waals surface area (Å²) in [6.45, 7) is 0. The molecule has 0 bridgehead atoms. The van der Waals surface area contributed by atoms with Crippen molar-refractivity contribution in [3.05, 3.63) is 33.9 Å². The summed E-state index contributed by atoms with van der Waals surface area (Å²) in [6.07, 6.45) is 1.63. The highest BCUT2D eigenvalue weighted by Gasteiger charge is 2.21. The molecule has 4 nitrogen and oxygen atoms in total. The molecular formula is C7H4N2O2S+. The van der Waals surface area contributed by atoms with Crippen molar-refractivity contribution in [2.24, 2.45) is 0 Å². The number of hydrogen-bond donors (Lipinski definition) is 0. The first kappa shape index (κ1) is 7.30. The summed E-state index contributed by atoms with van der Waals surface area (Å²) in [5.74, 6) is 0. The van der Waals surface area contributed by atoms with E-state index in [1.807, 2.05) is 0 Å². The van der Waals surface area contributed by atoms with E-state index in [4.69, 9.17) is 0 Å². The standard InChI is InChI=1S/C7H4N2O2S/c10-9(11)6-1-2-7-5(3-6)4-8-12-7/h1-4H/q+1. The van der Waals surface area contributed by atoms with E-state index in [2.05, 4.69) is 4.40 Å². The largest absolute Gasteiger partial charge is 0.275 e. The van der Waals surface area contributed by atoms with Crippen LogP contribution in [0.15, 0.2) is 23.1 Å². The van der Waals surface area contributed by atoms with Crippen molar-refractivity contribution < 1.29 is 4.92 Å². The Morgan fingerprint density at radius 1 is 1.50 bits per heavy atom. The highest BCUT2D eigenvalue weighted by Crippen LogP contribution is 2.26. The molecule has 0 fully saturated rings. The first-order valence-electron chi connectivity index (χ1n) is 3.26. The van der Waals surface area contributed by atoms with Crippen LogP contribution >= 0.6 is 11.9 Å². The van der Waals surface area contributed by atoms with E-state index in [9.17, 15) is 10.1 Å². The summed E-state index contributed by atoms with van der Waals surface area (Å²) in [4.78, 5) is 10.9. The third kappa shape index (κ3) is 1.08. The lowest BCUT2D eigenvalue weighted by Crippen LogP contribution is -1.89. The first-order chi connectivity index (χ1) is 5.77. The monoisotopic (exact) mass is 180 g/mol. The summed E-state index contributed by atoms with van der Waals surface area (Å²) in [7, 11) is 0. The number of non-ortho nitro benzene ring substituents is 1. The lowest BCUT2D eigenvalue weighted by molar-refractivity contribution is -0.384. The quantitative estimate of drug-likeness (QED) is 0.372. The predicted octanol–water partition coefficient (Wildman–Crippen LogP) is 1.37. The van der Waals surface area contributed by atoms with Crippen LogP contribution in [-0.2, 0) is 0 Å². The molecule has 1 aliphatic heterocycles. The normalized spacial score (nSPS) is 13.0. The average molecular weight is 180 g/mol. The molecule has 0 aromatic heterocycles. The van der Waals surface area contributed by atoms with Crippen molar-refractivity contribution in [1.29, 1.82) is 0 Å². The van der Waals surface area contributed by atoms with Crippen LogP contribution < -0.4 is 4.40 Å². The zero-order valence-electron chi connectivity index (χ0n) is 5.93. The van der Waals surface area contributed by atoms with Crippen molar-refractivity contribution in [1.82, 2.24) is 4.40 Å². The van der Waals surface area contributed by atoms with E-state index in [0.717, 1.165) is 10.5 Å². The fourth-order valence-corrected chi connectivity index (χ4v) is 1.60.